The molecule has 13 heteroatoms. The summed E-state index contributed by atoms with van der Waals surface area (Å²) in [5, 5.41) is 9.53. The van der Waals surface area contributed by atoms with E-state index in [1.165, 1.54) is 13.3 Å². The average molecular weight is 634 g/mol. The Morgan fingerprint density at radius 3 is 2.70 bits per heavy atom. The number of hydrazone groups is 1. The van der Waals surface area contributed by atoms with Gasteiger partial charge in [-0.05, 0) is 65.2 Å². The van der Waals surface area contributed by atoms with Gasteiger partial charge in [-0.15, -0.1) is 6.42 Å². The zero-order chi connectivity index (χ0) is 29.2. The van der Waals surface area contributed by atoms with E-state index >= 15 is 0 Å². The zero-order valence-electron chi connectivity index (χ0n) is 21.8. The van der Waals surface area contributed by atoms with Gasteiger partial charge in [-0.25, -0.2) is 15.0 Å². The lowest BCUT2D eigenvalue weighted by Gasteiger charge is -2.28. The second kappa shape index (κ2) is 14.3. The number of amides is 3. The molecule has 40 heavy (non-hydrogen) atoms. The molecule has 0 spiro atoms. The van der Waals surface area contributed by atoms with Gasteiger partial charge in [-0.2, -0.15) is 5.10 Å². The lowest BCUT2D eigenvalue weighted by Crippen LogP contribution is -2.45. The largest absolute Gasteiger partial charge is 0.493 e. The number of urea groups is 1. The van der Waals surface area contributed by atoms with Gasteiger partial charge in [0.25, 0.3) is 5.91 Å². The third kappa shape index (κ3) is 7.68. The molecule has 0 fully saturated rings. The molecular weight excluding hydrogens is 608 g/mol. The Labute approximate surface area is 244 Å². The molecule has 0 radical (unpaired) electrons. The maximum Gasteiger partial charge on any atom is 0.338 e. The normalized spacial score (nSPS) is 14.6. The van der Waals surface area contributed by atoms with E-state index in [4.69, 9.17) is 37.0 Å². The van der Waals surface area contributed by atoms with Crippen LogP contribution in [0.5, 0.6) is 17.2 Å². The van der Waals surface area contributed by atoms with Crippen molar-refractivity contribution in [1.29, 1.82) is 0 Å². The molecule has 210 valence electrons. The summed E-state index contributed by atoms with van der Waals surface area (Å²) in [5.41, 5.74) is 4.16. The van der Waals surface area contributed by atoms with Gasteiger partial charge in [0.05, 0.1) is 41.0 Å². The summed E-state index contributed by atoms with van der Waals surface area (Å²) < 4.78 is 22.1. The van der Waals surface area contributed by atoms with Crippen molar-refractivity contribution in [3.05, 3.63) is 62.2 Å². The molecule has 3 amide bonds. The van der Waals surface area contributed by atoms with Gasteiger partial charge >= 0.3 is 12.0 Å². The number of ether oxygens (including phenoxy) is 4. The highest BCUT2D eigenvalue weighted by atomic mass is 79.9. The molecule has 0 aliphatic carbocycles. The second-order valence-electron chi connectivity index (χ2n) is 8.09. The Bertz CT molecular complexity index is 1380. The fraction of sp³-hybridized carbons (Fsp3) is 0.259. The smallest absolute Gasteiger partial charge is 0.338 e. The van der Waals surface area contributed by atoms with Crippen LogP contribution in [-0.2, 0) is 14.3 Å². The van der Waals surface area contributed by atoms with Crippen molar-refractivity contribution < 1.29 is 33.3 Å². The maximum atomic E-state index is 12.6. The first-order chi connectivity index (χ1) is 19.2. The summed E-state index contributed by atoms with van der Waals surface area (Å²) in [5.74, 6) is 2.23. The van der Waals surface area contributed by atoms with Gasteiger partial charge in [0.2, 0.25) is 0 Å². The summed E-state index contributed by atoms with van der Waals surface area (Å²) >= 11 is 9.58. The van der Waals surface area contributed by atoms with Crippen molar-refractivity contribution in [2.75, 3.05) is 26.9 Å². The fourth-order valence-corrected chi connectivity index (χ4v) is 4.66. The molecule has 0 saturated carbocycles. The number of terminal acetylenes is 1. The van der Waals surface area contributed by atoms with Gasteiger partial charge in [-0.1, -0.05) is 23.6 Å². The molecule has 0 unspecified atom stereocenters. The molecule has 1 aliphatic heterocycles. The number of allylic oxidation sites excluding steroid dienone is 1. The van der Waals surface area contributed by atoms with Crippen LogP contribution in [-0.4, -0.2) is 51.1 Å². The highest BCUT2D eigenvalue weighted by molar-refractivity contribution is 9.10. The van der Waals surface area contributed by atoms with Crippen LogP contribution in [0.2, 0.25) is 5.02 Å². The van der Waals surface area contributed by atoms with E-state index in [2.05, 4.69) is 43.0 Å². The van der Waals surface area contributed by atoms with Crippen LogP contribution in [0.3, 0.4) is 0 Å². The van der Waals surface area contributed by atoms with E-state index < -0.39 is 23.9 Å². The van der Waals surface area contributed by atoms with Crippen molar-refractivity contribution in [2.45, 2.75) is 19.9 Å². The zero-order valence-corrected chi connectivity index (χ0v) is 24.1. The van der Waals surface area contributed by atoms with Gasteiger partial charge in [-0.3, -0.25) is 4.79 Å². The molecule has 1 atom stereocenters. The van der Waals surface area contributed by atoms with Gasteiger partial charge in [0.1, 0.15) is 6.61 Å². The first kappa shape index (κ1) is 30.3. The molecule has 3 rings (SSSR count). The van der Waals surface area contributed by atoms with E-state index in [1.54, 1.807) is 44.2 Å². The Balaban J connectivity index is 1.66. The summed E-state index contributed by atoms with van der Waals surface area (Å²) in [6, 6.07) is 6.88. The SMILES string of the molecule is C#CCOc1c(Cl)cc(/C=N\NC(=O)COc2ccc([C@H]3NC(=O)NC(C)=C3C(=O)OCC)cc2OC)cc1Br. The Hall–Kier alpha value is -4.21. The number of methoxy groups -OCH3 is 1. The monoisotopic (exact) mass is 632 g/mol. The van der Waals surface area contributed by atoms with E-state index in [0.29, 0.717) is 32.1 Å². The van der Waals surface area contributed by atoms with Gasteiger partial charge in [0.15, 0.2) is 23.9 Å². The fourth-order valence-electron chi connectivity index (χ4n) is 3.67. The van der Waals surface area contributed by atoms with E-state index in [0.717, 1.165) is 0 Å². The van der Waals surface area contributed by atoms with Gasteiger partial charge < -0.3 is 29.6 Å². The number of benzene rings is 2. The van der Waals surface area contributed by atoms with Crippen molar-refractivity contribution in [3.63, 3.8) is 0 Å². The highest BCUT2D eigenvalue weighted by Gasteiger charge is 2.32. The van der Waals surface area contributed by atoms with Crippen molar-refractivity contribution >= 4 is 51.7 Å². The minimum Gasteiger partial charge on any atom is -0.493 e. The minimum absolute atomic E-state index is 0.0648. The lowest BCUT2D eigenvalue weighted by atomic mass is 9.95. The highest BCUT2D eigenvalue weighted by Crippen LogP contribution is 2.35. The number of carbonyl (C=O) groups excluding carboxylic acids is 3. The van der Waals surface area contributed by atoms with E-state index in [-0.39, 0.29) is 36.9 Å². The number of hydrogen-bond donors (Lipinski definition) is 3. The number of rotatable bonds is 11. The average Bonchev–Trinajstić information content (AvgIpc) is 2.91. The second-order valence-corrected chi connectivity index (χ2v) is 9.35. The Kier molecular flexibility index (Phi) is 10.8. The quantitative estimate of drug-likeness (QED) is 0.148. The predicted octanol–water partition coefficient (Wildman–Crippen LogP) is 3.84. The van der Waals surface area contributed by atoms with Crippen LogP contribution in [0.25, 0.3) is 0 Å². The number of hydrogen-bond acceptors (Lipinski definition) is 8. The summed E-state index contributed by atoms with van der Waals surface area (Å²) in [6.07, 6.45) is 6.61. The number of esters is 1. The van der Waals surface area contributed by atoms with E-state index in [9.17, 15) is 14.4 Å². The van der Waals surface area contributed by atoms with Gasteiger partial charge in [0, 0.05) is 5.70 Å². The summed E-state index contributed by atoms with van der Waals surface area (Å²) in [6.45, 7) is 3.19. The topological polar surface area (TPSA) is 137 Å². The van der Waals surface area contributed by atoms with Crippen LogP contribution < -0.4 is 30.3 Å². The molecule has 1 heterocycles. The molecule has 11 nitrogen and oxygen atoms in total. The molecule has 0 saturated heterocycles. The Morgan fingerprint density at radius 1 is 1.25 bits per heavy atom. The third-order valence-electron chi connectivity index (χ3n) is 5.37. The summed E-state index contributed by atoms with van der Waals surface area (Å²) in [7, 11) is 1.43. The van der Waals surface area contributed by atoms with Crippen LogP contribution in [0, 0.1) is 12.3 Å². The molecule has 2 aromatic carbocycles. The predicted molar refractivity (Wildman–Crippen MR) is 151 cm³/mol. The standard InChI is InChI=1S/C27H26BrClN4O7/c1-5-9-39-25-18(28)10-16(11-19(25)29)13-30-33-22(34)14-40-20-8-7-17(12-21(20)37-4)24-23(26(35)38-6-2)15(3)31-27(36)32-24/h1,7-8,10-13,24H,6,9,14H2,2-4H3,(H,33,34)(H2,31,32,36)/b30-13-/t24-/m1/s1. The molecule has 3 N–H and O–H groups in total. The van der Waals surface area contributed by atoms with Crippen LogP contribution in [0.4, 0.5) is 4.79 Å². The van der Waals surface area contributed by atoms with Crippen molar-refractivity contribution in [1.82, 2.24) is 16.1 Å². The first-order valence-corrected chi connectivity index (χ1v) is 13.0. The molecular formula is C27H26BrClN4O7. The molecule has 2 aromatic rings. The first-order valence-electron chi connectivity index (χ1n) is 11.8. The van der Waals surface area contributed by atoms with E-state index in [1.807, 2.05) is 0 Å². The number of nitrogens with zero attached hydrogens (tertiary/aromatic N) is 1. The van der Waals surface area contributed by atoms with Crippen molar-refractivity contribution in [2.24, 2.45) is 5.10 Å². The molecule has 0 aromatic heterocycles. The minimum atomic E-state index is -0.778. The number of carbonyl (C=O) groups is 3. The van der Waals surface area contributed by atoms with Crippen LogP contribution in [0.15, 0.2) is 51.2 Å². The van der Waals surface area contributed by atoms with Crippen LogP contribution >= 0.6 is 27.5 Å². The lowest BCUT2D eigenvalue weighted by molar-refractivity contribution is -0.139. The third-order valence-corrected chi connectivity index (χ3v) is 6.24. The number of halogens is 2. The maximum absolute atomic E-state index is 12.6. The summed E-state index contributed by atoms with van der Waals surface area (Å²) in [4.78, 5) is 37.0. The number of nitrogens with one attached hydrogen (secondary N) is 3. The Morgan fingerprint density at radius 2 is 2.02 bits per heavy atom. The van der Waals surface area contributed by atoms with Crippen LogP contribution in [0.1, 0.15) is 31.0 Å². The molecule has 1 aliphatic rings. The van der Waals surface area contributed by atoms with Crippen molar-refractivity contribution in [3.8, 4) is 29.6 Å². The molecule has 0 bridgehead atoms.